The zero-order valence-electron chi connectivity index (χ0n) is 87.5. The van der Waals surface area contributed by atoms with Crippen LogP contribution in [0.2, 0.25) is 0 Å². The first-order valence-electron chi connectivity index (χ1n) is 50.9. The van der Waals surface area contributed by atoms with Crippen LogP contribution in [-0.2, 0) is 46.1 Å². The fourth-order valence-electron chi connectivity index (χ4n) is 19.1. The summed E-state index contributed by atoms with van der Waals surface area (Å²) < 4.78 is 62.6. The Bertz CT molecular complexity index is 5120. The first kappa shape index (κ1) is 121. The SMILES string of the molecule is CCC(CC(C)C(=O)OCC1=NC=CC1)n1ccnc1.CCC(CC(C)c1ccccc1)n1ccnc1.CCC(CC(C)c1cccnc1)n1ccnc1.CCC(CC(CC(C)c1ccc(S(=O)[O-])cc1)N1CCCC1=O)n1ccnc1.CCC(CC(CC(C)c1ccc(S(=O)[O-])cc1)N1CCCC1=O)n1ccnc1.CCC(CC(CC(C)c1ccccc1)N1CCCC1=O)n1ccnc1.CCN(C)C.[K+].[K+]. The van der Waals surface area contributed by atoms with Gasteiger partial charge in [-0.3, -0.25) is 37.6 Å². The van der Waals surface area contributed by atoms with Crippen molar-refractivity contribution >= 4 is 51.6 Å². The van der Waals surface area contributed by atoms with Crippen molar-refractivity contribution in [3.05, 3.63) is 286 Å². The van der Waals surface area contributed by atoms with E-state index in [1.807, 2.05) is 137 Å². The van der Waals surface area contributed by atoms with Gasteiger partial charge in [-0.15, -0.1) is 0 Å². The molecule has 7 aromatic heterocycles. The summed E-state index contributed by atoms with van der Waals surface area (Å²) in [5.74, 6) is 2.55. The molecule has 11 heterocycles. The number of likely N-dealkylation sites (tertiary alicyclic amines) is 3. The summed E-state index contributed by atoms with van der Waals surface area (Å²) in [6, 6.07) is 42.6. The minimum atomic E-state index is -2.21. The monoisotopic (exact) mass is 2030 g/mol. The van der Waals surface area contributed by atoms with E-state index in [1.54, 1.807) is 55.4 Å². The number of allylic oxidation sites excluding steroid dienone is 1. The molecule has 0 N–H and O–H groups in total. The number of aliphatic imine (C=N–C) groups is 1. The van der Waals surface area contributed by atoms with Crippen LogP contribution in [0.25, 0.3) is 0 Å². The first-order chi connectivity index (χ1) is 67.8. The second-order valence-electron chi connectivity index (χ2n) is 38.0. The van der Waals surface area contributed by atoms with Gasteiger partial charge in [-0.25, -0.2) is 29.9 Å². The predicted octanol–water partition coefficient (Wildman–Crippen LogP) is 16.5. The number of amides is 3. The molecule has 17 atom stereocenters. The summed E-state index contributed by atoms with van der Waals surface area (Å²) in [7, 11) is 4.11. The average molecular weight is 2030 g/mol. The van der Waals surface area contributed by atoms with Gasteiger partial charge in [0.05, 0.1) is 49.6 Å². The number of aromatic nitrogens is 13. The van der Waals surface area contributed by atoms with Gasteiger partial charge in [-0.05, 0) is 246 Å². The number of carbonyl (C=O) groups excluding carboxylic acids is 4. The van der Waals surface area contributed by atoms with Crippen LogP contribution in [-0.4, -0.2) is 194 Å². The molecule has 0 aliphatic carbocycles. The summed E-state index contributed by atoms with van der Waals surface area (Å²) >= 11 is -4.41. The molecule has 4 aromatic carbocycles. The van der Waals surface area contributed by atoms with Gasteiger partial charge in [-0.2, -0.15) is 0 Å². The number of imidazole rings is 6. The van der Waals surface area contributed by atoms with Crippen LogP contribution in [0, 0.1) is 5.92 Å². The summed E-state index contributed by atoms with van der Waals surface area (Å²) in [6.45, 7) is 32.3. The van der Waals surface area contributed by atoms with E-state index in [1.165, 1.54) is 16.7 Å². The number of rotatable bonds is 44. The van der Waals surface area contributed by atoms with E-state index in [4.69, 9.17) is 4.74 Å². The van der Waals surface area contributed by atoms with Crippen molar-refractivity contribution < 1.29 is 144 Å². The molecule has 758 valence electrons. The number of esters is 1. The molecule has 3 amide bonds. The Kier molecular flexibility index (Phi) is 56.5. The van der Waals surface area contributed by atoms with Crippen molar-refractivity contribution in [3.8, 4) is 0 Å². The Hall–Kier alpha value is -7.97. The number of carbonyl (C=O) groups is 4. The molecule has 0 bridgehead atoms. The topological polar surface area (TPSA) is 303 Å². The van der Waals surface area contributed by atoms with Crippen LogP contribution >= 0.6 is 0 Å². The number of benzene rings is 4. The summed E-state index contributed by atoms with van der Waals surface area (Å²) in [5, 5.41) is 0. The standard InChI is InChI=1S/2C21H29N3O3S.C21H29N3O.C15H21N3O2.C15H20N2.C14H19N3.C4H11N.2K/c2*1-3-18(23-12-10-22-15-23)14-19(24-11-4-5-21(24)25)13-16(2)17-6-8-20(9-7-17)28(26)27;1-3-19(23-13-11-22-16-23)15-20(24-12-7-10-21(24)25)14-17(2)18-8-5-4-6-9-18;1-3-14(18-8-7-16-11-18)9-12(2)15(19)20-10-13-5-4-6-17-13;1-3-15(17-10-9-16-12-17)11-13(2)14-7-5-4-6-8-14;1-3-14(17-8-7-16-11-17)9-12(2)13-5-4-6-15-10-13;1-4-5(2)3;;/h2*6-10,12,15-16,18-19H,3-5,11,13-14H2,1-2H3,(H,26,27);4-6,8-9,11,13,16-17,19-20H,3,7,10,12,14-15H2,1-2H3;4,6-8,11-12,14H,3,5,9-10H2,1-2H3;4-10,12-13,15H,3,11H2,1-2H3;4-8,10-12,14H,3,9H2,1-2H3;4H2,1-3H3;;/q;;;;;;;2*+1/p-2. The third-order valence-corrected chi connectivity index (χ3v) is 29.3. The molecule has 3 fully saturated rings. The zero-order valence-corrected chi connectivity index (χ0v) is 95.4. The fourth-order valence-corrected chi connectivity index (χ4v) is 19.8. The Morgan fingerprint density at radius 1 is 0.373 bits per heavy atom. The van der Waals surface area contributed by atoms with Gasteiger partial charge in [-0.1, -0.05) is 187 Å². The average Bonchev–Trinajstić information content (AvgIpc) is 1.64. The van der Waals surface area contributed by atoms with E-state index in [9.17, 15) is 36.7 Å². The minimum absolute atomic E-state index is 0. The molecule has 17 unspecified atom stereocenters. The van der Waals surface area contributed by atoms with Crippen LogP contribution in [0.3, 0.4) is 0 Å². The summed E-state index contributed by atoms with van der Waals surface area (Å²) in [6.07, 6.45) is 62.1. The van der Waals surface area contributed by atoms with Gasteiger partial charge >= 0.3 is 109 Å². The maximum absolute atomic E-state index is 12.4. The van der Waals surface area contributed by atoms with E-state index in [0.29, 0.717) is 89.5 Å². The number of pyridine rings is 1. The number of hydrogen-bond donors (Lipinski definition) is 0. The van der Waals surface area contributed by atoms with Gasteiger partial charge in [0.1, 0.15) is 6.61 Å². The van der Waals surface area contributed by atoms with Crippen LogP contribution in [0.15, 0.2) is 273 Å². The van der Waals surface area contributed by atoms with Crippen molar-refractivity contribution in [3.63, 3.8) is 0 Å². The van der Waals surface area contributed by atoms with Gasteiger partial charge in [0.25, 0.3) is 0 Å². The molecule has 11 aromatic rings. The van der Waals surface area contributed by atoms with E-state index in [-0.39, 0.29) is 162 Å². The van der Waals surface area contributed by atoms with Crippen LogP contribution in [0.4, 0.5) is 0 Å². The summed E-state index contributed by atoms with van der Waals surface area (Å²) in [4.78, 5) is 91.4. The minimum Gasteiger partial charge on any atom is -0.768 e. The van der Waals surface area contributed by atoms with Crippen molar-refractivity contribution in [2.45, 2.75) is 325 Å². The van der Waals surface area contributed by atoms with E-state index < -0.39 is 22.2 Å². The van der Waals surface area contributed by atoms with Crippen molar-refractivity contribution in [1.82, 2.24) is 81.9 Å². The number of hydrogen-bond acceptors (Lipinski definition) is 18. The zero-order chi connectivity index (χ0) is 101. The molecule has 0 radical (unpaired) electrons. The van der Waals surface area contributed by atoms with Gasteiger partial charge in [0, 0.05) is 202 Å². The predicted molar refractivity (Wildman–Crippen MR) is 557 cm³/mol. The maximum Gasteiger partial charge on any atom is 1.00 e. The van der Waals surface area contributed by atoms with Gasteiger partial charge in [0.2, 0.25) is 17.7 Å². The van der Waals surface area contributed by atoms with E-state index in [0.717, 1.165) is 165 Å². The molecular formula is C111H156K2N18O9S2. The molecule has 3 saturated heterocycles. The second-order valence-corrected chi connectivity index (χ2v) is 39.9. The third kappa shape index (κ3) is 40.0. The number of ether oxygens (including phenoxy) is 1. The van der Waals surface area contributed by atoms with Gasteiger partial charge in [0.15, 0.2) is 0 Å². The molecular weight excluding hydrogens is 1870 g/mol. The Morgan fingerprint density at radius 2 is 0.655 bits per heavy atom. The summed E-state index contributed by atoms with van der Waals surface area (Å²) in [5.41, 5.74) is 7.20. The van der Waals surface area contributed by atoms with E-state index in [2.05, 4.69) is 257 Å². The molecule has 31 heteroatoms. The molecule has 0 saturated carbocycles. The van der Waals surface area contributed by atoms with Crippen LogP contribution in [0.1, 0.15) is 325 Å². The normalized spacial score (nSPS) is 16.8. The van der Waals surface area contributed by atoms with Crippen LogP contribution in [0.5, 0.6) is 0 Å². The molecule has 27 nitrogen and oxygen atoms in total. The smallest absolute Gasteiger partial charge is 0.768 e. The molecule has 15 rings (SSSR count). The molecule has 4 aliphatic rings. The fraction of sp³-hybridized carbons (Fsp3) is 0.514. The Balaban J connectivity index is 0.000000231. The van der Waals surface area contributed by atoms with Crippen molar-refractivity contribution in [2.75, 3.05) is 46.9 Å². The second kappa shape index (κ2) is 66.3. The van der Waals surface area contributed by atoms with Crippen LogP contribution < -0.4 is 103 Å². The molecule has 4 aliphatic heterocycles. The largest absolute Gasteiger partial charge is 1.00 e. The first-order valence-corrected chi connectivity index (χ1v) is 53.0. The van der Waals surface area contributed by atoms with Gasteiger partial charge < -0.3 is 60.8 Å². The Labute approximate surface area is 936 Å². The molecule has 142 heavy (non-hydrogen) atoms. The van der Waals surface area contributed by atoms with Crippen molar-refractivity contribution in [2.24, 2.45) is 10.9 Å². The van der Waals surface area contributed by atoms with Crippen molar-refractivity contribution in [1.29, 1.82) is 0 Å². The third-order valence-electron chi connectivity index (χ3n) is 28.0. The Morgan fingerprint density at radius 3 is 0.901 bits per heavy atom. The quantitative estimate of drug-likeness (QED) is 0.0195. The number of nitrogens with zero attached hydrogens (tertiary/aromatic N) is 18. The maximum atomic E-state index is 12.4. The molecule has 0 spiro atoms. The van der Waals surface area contributed by atoms with E-state index >= 15 is 0 Å².